The van der Waals surface area contributed by atoms with E-state index in [0.29, 0.717) is 26.6 Å². The average molecular weight is 298 g/mol. The van der Waals surface area contributed by atoms with Crippen LogP contribution in [0.1, 0.15) is 5.56 Å². The lowest BCUT2D eigenvalue weighted by Crippen LogP contribution is -2.03. The van der Waals surface area contributed by atoms with Crippen molar-refractivity contribution in [3.8, 4) is 10.6 Å². The van der Waals surface area contributed by atoms with Gasteiger partial charge in [-0.15, -0.1) is 11.3 Å². The fourth-order valence-corrected chi connectivity index (χ4v) is 2.80. The van der Waals surface area contributed by atoms with E-state index in [0.717, 1.165) is 12.1 Å². The second kappa shape index (κ2) is 4.20. The molecule has 4 nitrogen and oxygen atoms in total. The highest BCUT2D eigenvalue weighted by Gasteiger charge is 2.30. The molecule has 0 spiro atoms. The summed E-state index contributed by atoms with van der Waals surface area (Å²) in [6.07, 6.45) is -2.82. The molecule has 3 rings (SSSR count). The minimum absolute atomic E-state index is 0.308. The Labute approximate surface area is 115 Å². The third-order valence-electron chi connectivity index (χ3n) is 2.93. The highest BCUT2D eigenvalue weighted by atomic mass is 32.1. The Morgan fingerprint density at radius 3 is 2.65 bits per heavy atom. The molecule has 0 bridgehead atoms. The second-order valence-corrected chi connectivity index (χ2v) is 5.30. The van der Waals surface area contributed by atoms with E-state index in [2.05, 4.69) is 10.1 Å². The van der Waals surface area contributed by atoms with E-state index < -0.39 is 11.7 Å². The minimum atomic E-state index is -4.37. The Hall–Kier alpha value is -2.09. The van der Waals surface area contributed by atoms with Gasteiger partial charge in [-0.25, -0.2) is 4.98 Å². The molecule has 2 N–H and O–H groups in total. The van der Waals surface area contributed by atoms with Gasteiger partial charge in [-0.3, -0.25) is 4.68 Å². The van der Waals surface area contributed by atoms with Gasteiger partial charge in [-0.1, -0.05) is 0 Å². The Kier molecular flexibility index (Phi) is 2.72. The molecule has 0 saturated heterocycles. The molecule has 0 aliphatic carbocycles. The zero-order valence-electron chi connectivity index (χ0n) is 10.3. The number of fused-ring (bicyclic) bond motifs is 1. The van der Waals surface area contributed by atoms with E-state index in [9.17, 15) is 13.2 Å². The van der Waals surface area contributed by atoms with E-state index in [1.54, 1.807) is 13.2 Å². The molecule has 104 valence electrons. The number of nitrogens with zero attached hydrogens (tertiary/aromatic N) is 3. The summed E-state index contributed by atoms with van der Waals surface area (Å²) >= 11 is 1.29. The van der Waals surface area contributed by atoms with Crippen LogP contribution in [-0.2, 0) is 13.2 Å². The van der Waals surface area contributed by atoms with Crippen LogP contribution < -0.4 is 5.73 Å². The number of rotatable bonds is 1. The highest BCUT2D eigenvalue weighted by molar-refractivity contribution is 7.21. The van der Waals surface area contributed by atoms with Gasteiger partial charge in [0.2, 0.25) is 0 Å². The standard InChI is InChI=1S/C12H9F3N4S/c1-19-10(16)7(5-17-19)11-18-8-4-6(12(13,14)15)2-3-9(8)20-11/h2-5H,16H2,1H3. The molecule has 3 aromatic rings. The van der Waals surface area contributed by atoms with Gasteiger partial charge in [0.15, 0.2) is 0 Å². The molecular weight excluding hydrogens is 289 g/mol. The number of anilines is 1. The van der Waals surface area contributed by atoms with Crippen molar-refractivity contribution >= 4 is 27.4 Å². The van der Waals surface area contributed by atoms with Gasteiger partial charge >= 0.3 is 6.18 Å². The van der Waals surface area contributed by atoms with Crippen molar-refractivity contribution in [1.82, 2.24) is 14.8 Å². The van der Waals surface area contributed by atoms with Gasteiger partial charge < -0.3 is 5.73 Å². The summed E-state index contributed by atoms with van der Waals surface area (Å²) in [7, 11) is 1.69. The number of aromatic nitrogens is 3. The third-order valence-corrected chi connectivity index (χ3v) is 4.00. The lowest BCUT2D eigenvalue weighted by molar-refractivity contribution is -0.137. The number of alkyl halides is 3. The number of nitrogens with two attached hydrogens (primary N) is 1. The second-order valence-electron chi connectivity index (χ2n) is 4.27. The number of benzene rings is 1. The van der Waals surface area contributed by atoms with Crippen molar-refractivity contribution in [3.63, 3.8) is 0 Å². The van der Waals surface area contributed by atoms with Gasteiger partial charge in [0.1, 0.15) is 10.8 Å². The van der Waals surface area contributed by atoms with E-state index in [4.69, 9.17) is 5.73 Å². The summed E-state index contributed by atoms with van der Waals surface area (Å²) in [6.45, 7) is 0. The molecular formula is C12H9F3N4S. The quantitative estimate of drug-likeness (QED) is 0.750. The van der Waals surface area contributed by atoms with Crippen molar-refractivity contribution < 1.29 is 13.2 Å². The molecule has 0 unspecified atom stereocenters. The summed E-state index contributed by atoms with van der Waals surface area (Å²) in [5, 5.41) is 4.56. The highest BCUT2D eigenvalue weighted by Crippen LogP contribution is 2.36. The van der Waals surface area contributed by atoms with Crippen LogP contribution in [0.15, 0.2) is 24.4 Å². The molecule has 0 aliphatic heterocycles. The maximum atomic E-state index is 12.7. The Bertz CT molecular complexity index is 788. The number of nitrogen functional groups attached to an aromatic ring is 1. The lowest BCUT2D eigenvalue weighted by atomic mass is 10.2. The van der Waals surface area contributed by atoms with Crippen LogP contribution in [0.4, 0.5) is 19.0 Å². The van der Waals surface area contributed by atoms with Crippen molar-refractivity contribution in [2.24, 2.45) is 7.05 Å². The molecule has 0 radical (unpaired) electrons. The zero-order valence-corrected chi connectivity index (χ0v) is 11.1. The summed E-state index contributed by atoms with van der Waals surface area (Å²) in [6, 6.07) is 3.52. The first-order valence-electron chi connectivity index (χ1n) is 5.62. The van der Waals surface area contributed by atoms with Gasteiger partial charge in [0.05, 0.1) is 27.5 Å². The van der Waals surface area contributed by atoms with Crippen LogP contribution in [0, 0.1) is 0 Å². The van der Waals surface area contributed by atoms with Crippen molar-refractivity contribution in [1.29, 1.82) is 0 Å². The maximum absolute atomic E-state index is 12.7. The molecule has 0 aliphatic rings. The summed E-state index contributed by atoms with van der Waals surface area (Å²) in [5.41, 5.74) is 6.07. The van der Waals surface area contributed by atoms with E-state index in [-0.39, 0.29) is 0 Å². The SMILES string of the molecule is Cn1ncc(-c2nc3cc(C(F)(F)F)ccc3s2)c1N. The Balaban J connectivity index is 2.14. The van der Waals surface area contributed by atoms with Gasteiger partial charge in [0.25, 0.3) is 0 Å². The van der Waals surface area contributed by atoms with Crippen LogP contribution in [0.2, 0.25) is 0 Å². The largest absolute Gasteiger partial charge is 0.416 e. The molecule has 20 heavy (non-hydrogen) atoms. The first-order valence-corrected chi connectivity index (χ1v) is 6.43. The third kappa shape index (κ3) is 2.01. The van der Waals surface area contributed by atoms with Crippen LogP contribution in [0.25, 0.3) is 20.8 Å². The molecule has 1 aromatic carbocycles. The number of hydrogen-bond donors (Lipinski definition) is 1. The zero-order chi connectivity index (χ0) is 14.5. The molecule has 8 heteroatoms. The predicted octanol–water partition coefficient (Wildman–Crippen LogP) is 3.30. The predicted molar refractivity (Wildman–Crippen MR) is 71.2 cm³/mol. The van der Waals surface area contributed by atoms with E-state index in [1.807, 2.05) is 0 Å². The Morgan fingerprint density at radius 1 is 1.30 bits per heavy atom. The van der Waals surface area contributed by atoms with Gasteiger partial charge in [-0.2, -0.15) is 18.3 Å². The molecule has 0 atom stereocenters. The minimum Gasteiger partial charge on any atom is -0.383 e. The molecule has 0 fully saturated rings. The van der Waals surface area contributed by atoms with Gasteiger partial charge in [-0.05, 0) is 18.2 Å². The summed E-state index contributed by atoms with van der Waals surface area (Å²) in [5.74, 6) is 0.431. The fraction of sp³-hybridized carbons (Fsp3) is 0.167. The summed E-state index contributed by atoms with van der Waals surface area (Å²) < 4.78 is 40.1. The number of hydrogen-bond acceptors (Lipinski definition) is 4. The topological polar surface area (TPSA) is 56.7 Å². The van der Waals surface area contributed by atoms with Crippen LogP contribution in [-0.4, -0.2) is 14.8 Å². The monoisotopic (exact) mass is 298 g/mol. The number of halogens is 3. The van der Waals surface area contributed by atoms with Crippen LogP contribution in [0.3, 0.4) is 0 Å². The lowest BCUT2D eigenvalue weighted by Gasteiger charge is -2.04. The van der Waals surface area contributed by atoms with E-state index >= 15 is 0 Å². The first kappa shape index (κ1) is 12.9. The molecule has 0 amide bonds. The normalized spacial score (nSPS) is 12.2. The number of aryl methyl sites for hydroxylation is 1. The molecule has 2 heterocycles. The maximum Gasteiger partial charge on any atom is 0.416 e. The Morgan fingerprint density at radius 2 is 2.05 bits per heavy atom. The molecule has 2 aromatic heterocycles. The van der Waals surface area contributed by atoms with Crippen LogP contribution in [0.5, 0.6) is 0 Å². The van der Waals surface area contributed by atoms with Crippen molar-refractivity contribution in [2.45, 2.75) is 6.18 Å². The smallest absolute Gasteiger partial charge is 0.383 e. The van der Waals surface area contributed by atoms with Crippen molar-refractivity contribution in [2.75, 3.05) is 5.73 Å². The first-order chi connectivity index (χ1) is 9.36. The average Bonchev–Trinajstić information content (AvgIpc) is 2.92. The van der Waals surface area contributed by atoms with E-state index in [1.165, 1.54) is 22.1 Å². The van der Waals surface area contributed by atoms with Crippen LogP contribution >= 0.6 is 11.3 Å². The fourth-order valence-electron chi connectivity index (χ4n) is 1.83. The van der Waals surface area contributed by atoms with Crippen molar-refractivity contribution in [3.05, 3.63) is 30.0 Å². The molecule has 0 saturated carbocycles. The van der Waals surface area contributed by atoms with Gasteiger partial charge in [0, 0.05) is 7.05 Å². The number of thiazole rings is 1. The summed E-state index contributed by atoms with van der Waals surface area (Å²) in [4.78, 5) is 4.22.